The van der Waals surface area contributed by atoms with E-state index in [-0.39, 0.29) is 6.04 Å². The Morgan fingerprint density at radius 3 is 2.77 bits per heavy atom. The molecule has 2 heterocycles. The monoisotopic (exact) mass is 301 g/mol. The van der Waals surface area contributed by atoms with Crippen molar-refractivity contribution in [3.8, 4) is 5.69 Å². The lowest BCUT2D eigenvalue weighted by Gasteiger charge is -2.27. The van der Waals surface area contributed by atoms with Crippen molar-refractivity contribution in [1.29, 1.82) is 0 Å². The SMILES string of the molecule is CCC(NC(C)c1ccc(-n2cnnn2)cc1)C1CCCO1. The molecule has 1 aliphatic heterocycles. The summed E-state index contributed by atoms with van der Waals surface area (Å²) in [5.41, 5.74) is 2.22. The molecule has 1 fully saturated rings. The maximum atomic E-state index is 5.82. The number of nitrogens with zero attached hydrogens (tertiary/aromatic N) is 4. The van der Waals surface area contributed by atoms with Gasteiger partial charge in [-0.2, -0.15) is 0 Å². The van der Waals surface area contributed by atoms with E-state index in [1.54, 1.807) is 11.0 Å². The average molecular weight is 301 g/mol. The van der Waals surface area contributed by atoms with E-state index < -0.39 is 0 Å². The van der Waals surface area contributed by atoms with Gasteiger partial charge >= 0.3 is 0 Å². The third-order valence-electron chi connectivity index (χ3n) is 4.32. The van der Waals surface area contributed by atoms with Crippen molar-refractivity contribution < 1.29 is 4.74 Å². The van der Waals surface area contributed by atoms with Crippen molar-refractivity contribution in [2.45, 2.75) is 51.3 Å². The molecule has 0 saturated carbocycles. The Morgan fingerprint density at radius 2 is 2.18 bits per heavy atom. The van der Waals surface area contributed by atoms with E-state index in [2.05, 4.69) is 46.8 Å². The van der Waals surface area contributed by atoms with Crippen LogP contribution in [0.2, 0.25) is 0 Å². The van der Waals surface area contributed by atoms with Crippen LogP contribution in [0.5, 0.6) is 0 Å². The number of nitrogens with one attached hydrogen (secondary N) is 1. The zero-order chi connectivity index (χ0) is 15.4. The molecule has 1 aliphatic rings. The fourth-order valence-corrected chi connectivity index (χ4v) is 3.02. The zero-order valence-electron chi connectivity index (χ0n) is 13.1. The lowest BCUT2D eigenvalue weighted by molar-refractivity contribution is 0.0735. The minimum atomic E-state index is 0.289. The van der Waals surface area contributed by atoms with Gasteiger partial charge < -0.3 is 10.1 Å². The van der Waals surface area contributed by atoms with Gasteiger partial charge in [-0.25, -0.2) is 4.68 Å². The molecule has 1 aromatic heterocycles. The molecule has 3 atom stereocenters. The first-order valence-corrected chi connectivity index (χ1v) is 7.99. The molecule has 22 heavy (non-hydrogen) atoms. The average Bonchev–Trinajstić information content (AvgIpc) is 3.25. The lowest BCUT2D eigenvalue weighted by atomic mass is 10.0. The van der Waals surface area contributed by atoms with Crippen LogP contribution in [0, 0.1) is 0 Å². The molecular formula is C16H23N5O. The maximum Gasteiger partial charge on any atom is 0.143 e. The van der Waals surface area contributed by atoms with Gasteiger partial charge in [-0.05, 0) is 54.3 Å². The van der Waals surface area contributed by atoms with E-state index in [0.717, 1.165) is 25.1 Å². The fourth-order valence-electron chi connectivity index (χ4n) is 3.02. The van der Waals surface area contributed by atoms with Gasteiger partial charge in [0.05, 0.1) is 11.8 Å². The molecule has 3 rings (SSSR count). The van der Waals surface area contributed by atoms with E-state index in [0.29, 0.717) is 12.1 Å². The molecule has 6 heteroatoms. The lowest BCUT2D eigenvalue weighted by Crippen LogP contribution is -2.40. The number of hydrogen-bond acceptors (Lipinski definition) is 5. The normalized spacial score (nSPS) is 20.9. The molecule has 118 valence electrons. The minimum Gasteiger partial charge on any atom is -0.377 e. The standard InChI is InChI=1S/C16H23N5O/c1-3-15(16-5-4-10-22-16)18-12(2)13-6-8-14(9-7-13)21-11-17-19-20-21/h6-9,11-12,15-16,18H,3-5,10H2,1-2H3. The van der Waals surface area contributed by atoms with Crippen molar-refractivity contribution in [3.05, 3.63) is 36.2 Å². The number of benzene rings is 1. The van der Waals surface area contributed by atoms with Gasteiger partial charge in [-0.15, -0.1) is 5.10 Å². The molecule has 0 radical (unpaired) electrons. The first-order valence-electron chi connectivity index (χ1n) is 7.99. The summed E-state index contributed by atoms with van der Waals surface area (Å²) in [5, 5.41) is 14.9. The maximum absolute atomic E-state index is 5.82. The van der Waals surface area contributed by atoms with Crippen LogP contribution >= 0.6 is 0 Å². The van der Waals surface area contributed by atoms with Crippen LogP contribution in [0.15, 0.2) is 30.6 Å². The number of ether oxygens (including phenoxy) is 1. The first kappa shape index (κ1) is 15.1. The van der Waals surface area contributed by atoms with Crippen molar-refractivity contribution >= 4 is 0 Å². The van der Waals surface area contributed by atoms with Crippen molar-refractivity contribution in [1.82, 2.24) is 25.5 Å². The van der Waals surface area contributed by atoms with Crippen molar-refractivity contribution in [2.24, 2.45) is 0 Å². The van der Waals surface area contributed by atoms with Gasteiger partial charge in [0.25, 0.3) is 0 Å². The Kier molecular flexibility index (Phi) is 4.80. The van der Waals surface area contributed by atoms with Gasteiger partial charge in [-0.3, -0.25) is 0 Å². The first-order chi connectivity index (χ1) is 10.8. The summed E-state index contributed by atoms with van der Waals surface area (Å²) in [6.45, 7) is 5.31. The third kappa shape index (κ3) is 3.34. The van der Waals surface area contributed by atoms with Crippen LogP contribution in [0.25, 0.3) is 5.69 Å². The second-order valence-electron chi connectivity index (χ2n) is 5.80. The molecule has 1 aromatic carbocycles. The predicted octanol–water partition coefficient (Wildman–Crippen LogP) is 2.27. The predicted molar refractivity (Wildman–Crippen MR) is 83.8 cm³/mol. The molecular weight excluding hydrogens is 278 g/mol. The Bertz CT molecular complexity index is 563. The molecule has 0 bridgehead atoms. The molecule has 1 N–H and O–H groups in total. The summed E-state index contributed by atoms with van der Waals surface area (Å²) in [6.07, 6.45) is 5.38. The van der Waals surface area contributed by atoms with Crippen molar-refractivity contribution in [3.63, 3.8) is 0 Å². The Morgan fingerprint density at radius 1 is 1.36 bits per heavy atom. The number of rotatable bonds is 6. The quantitative estimate of drug-likeness (QED) is 0.886. The van der Waals surface area contributed by atoms with E-state index in [9.17, 15) is 0 Å². The van der Waals surface area contributed by atoms with Gasteiger partial charge in [0.2, 0.25) is 0 Å². The highest BCUT2D eigenvalue weighted by atomic mass is 16.5. The molecule has 2 aromatic rings. The smallest absolute Gasteiger partial charge is 0.143 e. The fraction of sp³-hybridized carbons (Fsp3) is 0.562. The van der Waals surface area contributed by atoms with Gasteiger partial charge in [0.1, 0.15) is 6.33 Å². The van der Waals surface area contributed by atoms with E-state index >= 15 is 0 Å². The number of tetrazole rings is 1. The van der Waals surface area contributed by atoms with Crippen LogP contribution in [0.1, 0.15) is 44.7 Å². The van der Waals surface area contributed by atoms with Crippen molar-refractivity contribution in [2.75, 3.05) is 6.61 Å². The van der Waals surface area contributed by atoms with Gasteiger partial charge in [-0.1, -0.05) is 19.1 Å². The van der Waals surface area contributed by atoms with E-state index in [4.69, 9.17) is 4.74 Å². The highest BCUT2D eigenvalue weighted by Gasteiger charge is 2.25. The summed E-state index contributed by atoms with van der Waals surface area (Å²) >= 11 is 0. The topological polar surface area (TPSA) is 64.9 Å². The molecule has 6 nitrogen and oxygen atoms in total. The second kappa shape index (κ2) is 6.98. The van der Waals surface area contributed by atoms with Gasteiger partial charge in [0.15, 0.2) is 0 Å². The number of hydrogen-bond donors (Lipinski definition) is 1. The van der Waals surface area contributed by atoms with Crippen LogP contribution < -0.4 is 5.32 Å². The minimum absolute atomic E-state index is 0.289. The summed E-state index contributed by atoms with van der Waals surface area (Å²) in [6, 6.07) is 9.02. The van der Waals surface area contributed by atoms with Crippen LogP contribution in [-0.2, 0) is 4.74 Å². The third-order valence-corrected chi connectivity index (χ3v) is 4.32. The molecule has 1 saturated heterocycles. The van der Waals surface area contributed by atoms with Crippen LogP contribution in [0.4, 0.5) is 0 Å². The highest BCUT2D eigenvalue weighted by molar-refractivity contribution is 5.34. The highest BCUT2D eigenvalue weighted by Crippen LogP contribution is 2.21. The van der Waals surface area contributed by atoms with Crippen LogP contribution in [-0.4, -0.2) is 39.0 Å². The van der Waals surface area contributed by atoms with E-state index in [1.165, 1.54) is 12.0 Å². The number of aromatic nitrogens is 4. The summed E-state index contributed by atoms with van der Waals surface area (Å²) < 4.78 is 7.48. The largest absolute Gasteiger partial charge is 0.377 e. The Balaban J connectivity index is 1.65. The summed E-state index contributed by atoms with van der Waals surface area (Å²) in [7, 11) is 0. The summed E-state index contributed by atoms with van der Waals surface area (Å²) in [5.74, 6) is 0. The van der Waals surface area contributed by atoms with Gasteiger partial charge in [0, 0.05) is 18.7 Å². The molecule has 0 aliphatic carbocycles. The Hall–Kier alpha value is -1.79. The van der Waals surface area contributed by atoms with Crippen LogP contribution in [0.3, 0.4) is 0 Å². The summed E-state index contributed by atoms with van der Waals surface area (Å²) in [4.78, 5) is 0. The zero-order valence-corrected chi connectivity index (χ0v) is 13.1. The Labute approximate surface area is 130 Å². The molecule has 0 spiro atoms. The second-order valence-corrected chi connectivity index (χ2v) is 5.80. The molecule has 3 unspecified atom stereocenters. The molecule has 0 amide bonds. The van der Waals surface area contributed by atoms with E-state index in [1.807, 2.05) is 12.1 Å².